The standard InChI is InChI=1S/C30H24F2N6O3/c1-17(39)29-21-5-2-3-8-25(21)38(36-29)16-27(40)37-15-19(31)14-26(37)30(41)35-23-7-4-6-20(28(23)32)18-9-10-22-24(13-18)34-12-11-33-22/h2-13,19,26H,14-16H2,1H3,(H,35,41)/t19-,26+/m1/s1. The Morgan fingerprint density at radius 1 is 1.00 bits per heavy atom. The van der Waals surface area contributed by atoms with Crippen molar-refractivity contribution >= 4 is 45.2 Å². The normalized spacial score (nSPS) is 16.8. The lowest BCUT2D eigenvalue weighted by Crippen LogP contribution is -2.44. The van der Waals surface area contributed by atoms with Crippen LogP contribution in [0.15, 0.2) is 73.1 Å². The zero-order valence-electron chi connectivity index (χ0n) is 21.9. The number of nitrogens with one attached hydrogen (secondary N) is 1. The smallest absolute Gasteiger partial charge is 0.247 e. The maximum absolute atomic E-state index is 15.6. The van der Waals surface area contributed by atoms with Crippen molar-refractivity contribution in [3.05, 3.63) is 84.6 Å². The van der Waals surface area contributed by atoms with Gasteiger partial charge in [0, 0.05) is 36.7 Å². The summed E-state index contributed by atoms with van der Waals surface area (Å²) in [6, 6.07) is 15.6. The highest BCUT2D eigenvalue weighted by Gasteiger charge is 2.40. The lowest BCUT2D eigenvalue weighted by molar-refractivity contribution is -0.137. The minimum absolute atomic E-state index is 0.0920. The summed E-state index contributed by atoms with van der Waals surface area (Å²) in [5, 5.41) is 7.44. The van der Waals surface area contributed by atoms with Gasteiger partial charge in [0.05, 0.1) is 28.8 Å². The number of alkyl halides is 1. The van der Waals surface area contributed by atoms with Crippen molar-refractivity contribution in [1.29, 1.82) is 0 Å². The number of benzene rings is 3. The van der Waals surface area contributed by atoms with Gasteiger partial charge in [-0.1, -0.05) is 36.4 Å². The summed E-state index contributed by atoms with van der Waals surface area (Å²) >= 11 is 0. The molecule has 2 aromatic heterocycles. The van der Waals surface area contributed by atoms with Gasteiger partial charge in [-0.05, 0) is 29.8 Å². The van der Waals surface area contributed by atoms with Gasteiger partial charge in [0.1, 0.15) is 24.5 Å². The Hall–Kier alpha value is -5.06. The van der Waals surface area contributed by atoms with Gasteiger partial charge >= 0.3 is 0 Å². The van der Waals surface area contributed by atoms with Gasteiger partial charge in [0.25, 0.3) is 0 Å². The molecule has 1 aliphatic rings. The van der Waals surface area contributed by atoms with Gasteiger partial charge in [-0.3, -0.25) is 29.0 Å². The van der Waals surface area contributed by atoms with E-state index in [9.17, 15) is 18.8 Å². The molecule has 41 heavy (non-hydrogen) atoms. The largest absolute Gasteiger partial charge is 0.326 e. The number of halogens is 2. The number of fused-ring (bicyclic) bond motifs is 2. The summed E-state index contributed by atoms with van der Waals surface area (Å²) in [5.74, 6) is -2.17. The number of Topliss-reactive ketones (excluding diaryl/α,β-unsaturated/α-hetero) is 1. The number of anilines is 1. The molecule has 0 unspecified atom stereocenters. The number of likely N-dealkylation sites (tertiary alicyclic amines) is 1. The number of aromatic nitrogens is 4. The van der Waals surface area contributed by atoms with Crippen LogP contribution >= 0.6 is 0 Å². The van der Waals surface area contributed by atoms with Crippen molar-refractivity contribution in [3.8, 4) is 11.1 Å². The molecule has 2 amide bonds. The Morgan fingerprint density at radius 3 is 2.59 bits per heavy atom. The first-order valence-electron chi connectivity index (χ1n) is 13.0. The molecule has 3 aromatic carbocycles. The van der Waals surface area contributed by atoms with E-state index in [1.165, 1.54) is 17.7 Å². The second kappa shape index (κ2) is 10.5. The number of amides is 2. The van der Waals surface area contributed by atoms with Crippen LogP contribution in [0.2, 0.25) is 0 Å². The number of carbonyl (C=O) groups is 3. The van der Waals surface area contributed by atoms with Gasteiger partial charge in [-0.15, -0.1) is 0 Å². The van der Waals surface area contributed by atoms with Crippen LogP contribution in [-0.2, 0) is 16.1 Å². The van der Waals surface area contributed by atoms with E-state index >= 15 is 4.39 Å². The Labute approximate surface area is 232 Å². The Bertz CT molecular complexity index is 1840. The second-order valence-corrected chi connectivity index (χ2v) is 9.89. The third-order valence-electron chi connectivity index (χ3n) is 7.19. The third-order valence-corrected chi connectivity index (χ3v) is 7.19. The lowest BCUT2D eigenvalue weighted by Gasteiger charge is -2.24. The molecule has 0 radical (unpaired) electrons. The molecule has 9 nitrogen and oxygen atoms in total. The summed E-state index contributed by atoms with van der Waals surface area (Å²) in [6.07, 6.45) is 1.47. The van der Waals surface area contributed by atoms with Crippen molar-refractivity contribution in [3.63, 3.8) is 0 Å². The van der Waals surface area contributed by atoms with Crippen LogP contribution in [0.3, 0.4) is 0 Å². The molecule has 1 aliphatic heterocycles. The van der Waals surface area contributed by atoms with E-state index in [-0.39, 0.29) is 42.2 Å². The van der Waals surface area contributed by atoms with E-state index in [4.69, 9.17) is 0 Å². The molecule has 1 saturated heterocycles. The summed E-state index contributed by atoms with van der Waals surface area (Å²) in [7, 11) is 0. The number of nitrogens with zero attached hydrogens (tertiary/aromatic N) is 5. The van der Waals surface area contributed by atoms with E-state index in [0.717, 1.165) is 4.90 Å². The molecule has 3 heterocycles. The molecule has 11 heteroatoms. The van der Waals surface area contributed by atoms with Crippen LogP contribution < -0.4 is 5.32 Å². The van der Waals surface area contributed by atoms with Crippen LogP contribution in [0.25, 0.3) is 33.1 Å². The maximum Gasteiger partial charge on any atom is 0.247 e. The Kier molecular flexibility index (Phi) is 6.70. The minimum atomic E-state index is -1.42. The molecule has 2 atom stereocenters. The summed E-state index contributed by atoms with van der Waals surface area (Å²) < 4.78 is 31.5. The highest BCUT2D eigenvalue weighted by Crippen LogP contribution is 2.30. The lowest BCUT2D eigenvalue weighted by atomic mass is 10.0. The summed E-state index contributed by atoms with van der Waals surface area (Å²) in [6.45, 7) is 0.813. The van der Waals surface area contributed by atoms with Crippen LogP contribution in [-0.4, -0.2) is 61.0 Å². The molecule has 6 rings (SSSR count). The van der Waals surface area contributed by atoms with Crippen molar-refractivity contribution in [1.82, 2.24) is 24.6 Å². The van der Waals surface area contributed by atoms with Crippen LogP contribution in [0.1, 0.15) is 23.8 Å². The average Bonchev–Trinajstić information content (AvgIpc) is 3.55. The number of hydrogen-bond acceptors (Lipinski definition) is 6. The van der Waals surface area contributed by atoms with E-state index in [1.54, 1.807) is 67.0 Å². The topological polar surface area (TPSA) is 110 Å². The van der Waals surface area contributed by atoms with Crippen molar-refractivity contribution in [2.75, 3.05) is 11.9 Å². The fraction of sp³-hybridized carbons (Fsp3) is 0.200. The van der Waals surface area contributed by atoms with E-state index in [2.05, 4.69) is 20.4 Å². The maximum atomic E-state index is 15.6. The van der Waals surface area contributed by atoms with Gasteiger partial charge in [0.15, 0.2) is 11.6 Å². The number of ketones is 1. The van der Waals surface area contributed by atoms with Gasteiger partial charge in [-0.2, -0.15) is 5.10 Å². The molecule has 0 bridgehead atoms. The average molecular weight is 555 g/mol. The molecule has 1 N–H and O–H groups in total. The number of hydrogen-bond donors (Lipinski definition) is 1. The number of para-hydroxylation sites is 1. The zero-order chi connectivity index (χ0) is 28.7. The molecule has 5 aromatic rings. The molecule has 0 spiro atoms. The predicted octanol–water partition coefficient (Wildman–Crippen LogP) is 4.57. The predicted molar refractivity (Wildman–Crippen MR) is 148 cm³/mol. The van der Waals surface area contributed by atoms with Gasteiger partial charge < -0.3 is 10.2 Å². The summed E-state index contributed by atoms with van der Waals surface area (Å²) in [4.78, 5) is 48.3. The first-order chi connectivity index (χ1) is 19.8. The second-order valence-electron chi connectivity index (χ2n) is 9.89. The van der Waals surface area contributed by atoms with Crippen LogP contribution in [0.5, 0.6) is 0 Å². The van der Waals surface area contributed by atoms with Crippen LogP contribution in [0.4, 0.5) is 14.5 Å². The van der Waals surface area contributed by atoms with Crippen molar-refractivity contribution in [2.24, 2.45) is 0 Å². The molecular formula is C30H24F2N6O3. The highest BCUT2D eigenvalue weighted by atomic mass is 19.1. The molecular weight excluding hydrogens is 530 g/mol. The SMILES string of the molecule is CC(=O)c1nn(CC(=O)N2C[C@H](F)C[C@H]2C(=O)Nc2cccc(-c3ccc4nccnc4c3)c2F)c2ccccc12. The van der Waals surface area contributed by atoms with E-state index in [1.807, 2.05) is 0 Å². The van der Waals surface area contributed by atoms with Gasteiger partial charge in [0.2, 0.25) is 11.8 Å². The third kappa shape index (κ3) is 4.90. The minimum Gasteiger partial charge on any atom is -0.326 e. The Morgan fingerprint density at radius 2 is 1.78 bits per heavy atom. The van der Waals surface area contributed by atoms with E-state index in [0.29, 0.717) is 27.5 Å². The number of carbonyl (C=O) groups excluding carboxylic acids is 3. The molecule has 206 valence electrons. The van der Waals surface area contributed by atoms with Gasteiger partial charge in [-0.25, -0.2) is 8.78 Å². The molecule has 1 fully saturated rings. The monoisotopic (exact) mass is 554 g/mol. The highest BCUT2D eigenvalue weighted by molar-refractivity contribution is 6.05. The fourth-order valence-electron chi connectivity index (χ4n) is 5.23. The zero-order valence-corrected chi connectivity index (χ0v) is 21.9. The van der Waals surface area contributed by atoms with Crippen LogP contribution in [0, 0.1) is 5.82 Å². The van der Waals surface area contributed by atoms with Crippen molar-refractivity contribution in [2.45, 2.75) is 32.1 Å². The van der Waals surface area contributed by atoms with E-state index < -0.39 is 29.8 Å². The molecule has 0 aliphatic carbocycles. The quantitative estimate of drug-likeness (QED) is 0.308. The Balaban J connectivity index is 1.23. The first-order valence-corrected chi connectivity index (χ1v) is 13.0. The fourth-order valence-corrected chi connectivity index (χ4v) is 5.23. The van der Waals surface area contributed by atoms with Crippen molar-refractivity contribution < 1.29 is 23.2 Å². The first kappa shape index (κ1) is 26.2. The molecule has 0 saturated carbocycles. The summed E-state index contributed by atoms with van der Waals surface area (Å²) in [5.41, 5.74) is 2.74. The number of rotatable bonds is 6.